The van der Waals surface area contributed by atoms with Crippen LogP contribution in [0.1, 0.15) is 29.5 Å². The quantitative estimate of drug-likeness (QED) is 0.824. The third-order valence-corrected chi connectivity index (χ3v) is 4.20. The van der Waals surface area contributed by atoms with Crippen LogP contribution in [0.25, 0.3) is 0 Å². The molecule has 0 aliphatic heterocycles. The van der Waals surface area contributed by atoms with Gasteiger partial charge in [0, 0.05) is 5.02 Å². The molecule has 0 saturated heterocycles. The van der Waals surface area contributed by atoms with Gasteiger partial charge in [0.05, 0.1) is 5.54 Å². The molecule has 0 radical (unpaired) electrons. The van der Waals surface area contributed by atoms with Crippen molar-refractivity contribution in [2.24, 2.45) is 5.73 Å². The van der Waals surface area contributed by atoms with E-state index >= 15 is 0 Å². The van der Waals surface area contributed by atoms with E-state index in [1.165, 1.54) is 11.1 Å². The van der Waals surface area contributed by atoms with Crippen LogP contribution in [0.3, 0.4) is 0 Å². The van der Waals surface area contributed by atoms with Gasteiger partial charge in [-0.15, -0.1) is 0 Å². The van der Waals surface area contributed by atoms with E-state index in [4.69, 9.17) is 17.3 Å². The summed E-state index contributed by atoms with van der Waals surface area (Å²) in [6.45, 7) is 0. The van der Waals surface area contributed by atoms with Gasteiger partial charge in [-0.3, -0.25) is 0 Å². The van der Waals surface area contributed by atoms with Gasteiger partial charge in [-0.1, -0.05) is 54.1 Å². The smallest absolute Gasteiger partial charge is 0.0682 e. The number of nitrogens with two attached hydrogens (primary N) is 1. The monoisotopic (exact) mass is 257 g/mol. The van der Waals surface area contributed by atoms with Gasteiger partial charge in [0.1, 0.15) is 0 Å². The maximum absolute atomic E-state index is 6.71. The van der Waals surface area contributed by atoms with Crippen molar-refractivity contribution in [3.63, 3.8) is 0 Å². The standard InChI is InChI=1S/C16H16ClN/c17-15-10-4-3-9-14(15)16(18)11-5-7-12-6-1-2-8-13(12)16/h1-4,6,8-10H,5,7,11,18H2. The van der Waals surface area contributed by atoms with Gasteiger partial charge in [0.25, 0.3) is 0 Å². The largest absolute Gasteiger partial charge is 0.318 e. The molecule has 3 rings (SSSR count). The minimum Gasteiger partial charge on any atom is -0.318 e. The first-order valence-electron chi connectivity index (χ1n) is 6.34. The predicted octanol–water partition coefficient (Wildman–Crippen LogP) is 3.88. The molecule has 1 aliphatic carbocycles. The predicted molar refractivity (Wildman–Crippen MR) is 75.8 cm³/mol. The van der Waals surface area contributed by atoms with E-state index in [2.05, 4.69) is 24.3 Å². The van der Waals surface area contributed by atoms with Crippen LogP contribution in [0.5, 0.6) is 0 Å². The molecular weight excluding hydrogens is 242 g/mol. The van der Waals surface area contributed by atoms with Crippen molar-refractivity contribution >= 4 is 11.6 Å². The van der Waals surface area contributed by atoms with Crippen LogP contribution < -0.4 is 5.73 Å². The molecule has 0 fully saturated rings. The van der Waals surface area contributed by atoms with Crippen molar-refractivity contribution in [2.45, 2.75) is 24.8 Å². The molecule has 2 aromatic rings. The SMILES string of the molecule is NC1(c2ccccc2Cl)CCCc2ccccc21. The van der Waals surface area contributed by atoms with Crippen LogP contribution in [0, 0.1) is 0 Å². The van der Waals surface area contributed by atoms with Gasteiger partial charge in [0.15, 0.2) is 0 Å². The highest BCUT2D eigenvalue weighted by atomic mass is 35.5. The summed E-state index contributed by atoms with van der Waals surface area (Å²) < 4.78 is 0. The summed E-state index contributed by atoms with van der Waals surface area (Å²) in [4.78, 5) is 0. The van der Waals surface area contributed by atoms with E-state index in [0.717, 1.165) is 29.8 Å². The van der Waals surface area contributed by atoms with Crippen LogP contribution in [0.2, 0.25) is 5.02 Å². The molecule has 1 nitrogen and oxygen atoms in total. The second kappa shape index (κ2) is 4.42. The molecule has 0 saturated carbocycles. The number of hydrogen-bond donors (Lipinski definition) is 1. The topological polar surface area (TPSA) is 26.0 Å². The van der Waals surface area contributed by atoms with E-state index in [-0.39, 0.29) is 0 Å². The highest BCUT2D eigenvalue weighted by Crippen LogP contribution is 2.40. The number of rotatable bonds is 1. The van der Waals surface area contributed by atoms with Crippen molar-refractivity contribution in [1.82, 2.24) is 0 Å². The average molecular weight is 258 g/mol. The summed E-state index contributed by atoms with van der Waals surface area (Å²) >= 11 is 6.33. The van der Waals surface area contributed by atoms with E-state index < -0.39 is 5.54 Å². The number of halogens is 1. The van der Waals surface area contributed by atoms with Crippen LogP contribution in [0.15, 0.2) is 48.5 Å². The lowest BCUT2D eigenvalue weighted by Gasteiger charge is -2.36. The molecule has 1 unspecified atom stereocenters. The minimum atomic E-state index is -0.437. The van der Waals surface area contributed by atoms with Gasteiger partial charge in [0.2, 0.25) is 0 Å². The fourth-order valence-corrected chi connectivity index (χ4v) is 3.27. The second-order valence-electron chi connectivity index (χ2n) is 4.96. The van der Waals surface area contributed by atoms with Crippen LogP contribution in [0.4, 0.5) is 0 Å². The molecule has 0 amide bonds. The van der Waals surface area contributed by atoms with Crippen LogP contribution >= 0.6 is 11.6 Å². The van der Waals surface area contributed by atoms with Gasteiger partial charge >= 0.3 is 0 Å². The molecule has 0 bridgehead atoms. The summed E-state index contributed by atoms with van der Waals surface area (Å²) in [5.41, 5.74) is 9.89. The number of hydrogen-bond acceptors (Lipinski definition) is 1. The maximum Gasteiger partial charge on any atom is 0.0682 e. The minimum absolute atomic E-state index is 0.437. The highest BCUT2D eigenvalue weighted by Gasteiger charge is 2.35. The summed E-state index contributed by atoms with van der Waals surface area (Å²) in [5.74, 6) is 0. The lowest BCUT2D eigenvalue weighted by Crippen LogP contribution is -2.41. The number of aryl methyl sites for hydroxylation is 1. The molecular formula is C16H16ClN. The van der Waals surface area contributed by atoms with Crippen molar-refractivity contribution in [1.29, 1.82) is 0 Å². The third-order valence-electron chi connectivity index (χ3n) is 3.87. The maximum atomic E-state index is 6.71. The molecule has 92 valence electrons. The molecule has 2 heteroatoms. The highest BCUT2D eigenvalue weighted by molar-refractivity contribution is 6.31. The Bertz CT molecular complexity index is 579. The van der Waals surface area contributed by atoms with Crippen molar-refractivity contribution in [2.75, 3.05) is 0 Å². The van der Waals surface area contributed by atoms with Gasteiger partial charge in [-0.25, -0.2) is 0 Å². The summed E-state index contributed by atoms with van der Waals surface area (Å²) in [5, 5.41) is 0.761. The molecule has 0 aromatic heterocycles. The fourth-order valence-electron chi connectivity index (χ4n) is 2.97. The van der Waals surface area contributed by atoms with Gasteiger partial charge < -0.3 is 5.73 Å². The zero-order chi connectivity index (χ0) is 12.6. The van der Waals surface area contributed by atoms with E-state index in [0.29, 0.717) is 0 Å². The Morgan fingerprint density at radius 2 is 1.61 bits per heavy atom. The molecule has 2 aromatic carbocycles. The Morgan fingerprint density at radius 3 is 2.39 bits per heavy atom. The lowest BCUT2D eigenvalue weighted by atomic mass is 9.73. The Hall–Kier alpha value is -1.31. The third kappa shape index (κ3) is 1.75. The summed E-state index contributed by atoms with van der Waals surface area (Å²) in [6, 6.07) is 16.4. The first-order chi connectivity index (χ1) is 8.72. The summed E-state index contributed by atoms with van der Waals surface area (Å²) in [7, 11) is 0. The molecule has 1 atom stereocenters. The summed E-state index contributed by atoms with van der Waals surface area (Å²) in [6.07, 6.45) is 3.17. The van der Waals surface area contributed by atoms with Crippen LogP contribution in [-0.4, -0.2) is 0 Å². The van der Waals surface area contributed by atoms with E-state index in [9.17, 15) is 0 Å². The zero-order valence-electron chi connectivity index (χ0n) is 10.2. The van der Waals surface area contributed by atoms with Crippen molar-refractivity contribution < 1.29 is 0 Å². The Balaban J connectivity index is 2.20. The van der Waals surface area contributed by atoms with E-state index in [1.54, 1.807) is 0 Å². The first kappa shape index (κ1) is 11.8. The normalized spacial score (nSPS) is 22.6. The molecule has 18 heavy (non-hydrogen) atoms. The van der Waals surface area contributed by atoms with Crippen molar-refractivity contribution in [3.05, 3.63) is 70.2 Å². The number of benzene rings is 2. The first-order valence-corrected chi connectivity index (χ1v) is 6.72. The second-order valence-corrected chi connectivity index (χ2v) is 5.37. The fraction of sp³-hybridized carbons (Fsp3) is 0.250. The molecule has 1 aliphatic rings. The molecule has 0 spiro atoms. The number of fused-ring (bicyclic) bond motifs is 1. The van der Waals surface area contributed by atoms with Crippen LogP contribution in [-0.2, 0) is 12.0 Å². The molecule has 0 heterocycles. The average Bonchev–Trinajstić information content (AvgIpc) is 2.40. The van der Waals surface area contributed by atoms with Crippen molar-refractivity contribution in [3.8, 4) is 0 Å². The Morgan fingerprint density at radius 1 is 0.944 bits per heavy atom. The Labute approximate surface area is 113 Å². The lowest BCUT2D eigenvalue weighted by molar-refractivity contribution is 0.443. The van der Waals surface area contributed by atoms with Gasteiger partial charge in [-0.05, 0) is 42.0 Å². The van der Waals surface area contributed by atoms with E-state index in [1.807, 2.05) is 24.3 Å². The Kier molecular flexibility index (Phi) is 2.89. The molecule has 2 N–H and O–H groups in total. The van der Waals surface area contributed by atoms with Gasteiger partial charge in [-0.2, -0.15) is 0 Å². The zero-order valence-corrected chi connectivity index (χ0v) is 11.0.